The Morgan fingerprint density at radius 2 is 1.25 bits per heavy atom. The zero-order valence-corrected chi connectivity index (χ0v) is 5.57. The number of hydrogen-bond donors (Lipinski definition) is 2. The summed E-state index contributed by atoms with van der Waals surface area (Å²) in [5.74, 6) is 0. The van der Waals surface area contributed by atoms with E-state index in [2.05, 4.69) is 24.5 Å². The lowest BCUT2D eigenvalue weighted by Gasteiger charge is -2.17. The molecule has 0 aromatic rings. The highest BCUT2D eigenvalue weighted by Crippen LogP contribution is 1.85. The molecule has 2 unspecified atom stereocenters. The quantitative estimate of drug-likeness (QED) is 0.532. The summed E-state index contributed by atoms with van der Waals surface area (Å²) >= 11 is 0. The van der Waals surface area contributed by atoms with E-state index in [4.69, 9.17) is 0 Å². The molecule has 2 heteroatoms. The Balaban J connectivity index is 3.29. The van der Waals surface area contributed by atoms with E-state index in [0.29, 0.717) is 0 Å². The zero-order chi connectivity index (χ0) is 6.57. The lowest BCUT2D eigenvalue weighted by molar-refractivity contribution is 0.528. The summed E-state index contributed by atoms with van der Waals surface area (Å²) in [5, 5.41) is 5.96. The van der Waals surface area contributed by atoms with E-state index in [0.717, 1.165) is 0 Å². The van der Waals surface area contributed by atoms with Crippen molar-refractivity contribution in [1.29, 1.82) is 0 Å². The summed E-state index contributed by atoms with van der Waals surface area (Å²) in [5.41, 5.74) is 0. The Morgan fingerprint density at radius 3 is 1.38 bits per heavy atom. The summed E-state index contributed by atoms with van der Waals surface area (Å²) < 4.78 is 0. The number of likely N-dealkylation sites (N-methyl/N-ethyl adjacent to an activating group) is 2. The molecule has 48 valence electrons. The lowest BCUT2D eigenvalue weighted by atomic mass is 10.2. The molecule has 0 amide bonds. The standard InChI is InChI=1S/C6H14N2/c1-5(7-3)6(2)8-4/h5-8H,1-2H2,3-4H3. The van der Waals surface area contributed by atoms with Crippen molar-refractivity contribution in [1.82, 2.24) is 10.6 Å². The second-order valence-corrected chi connectivity index (χ2v) is 1.79. The van der Waals surface area contributed by atoms with E-state index >= 15 is 0 Å². The van der Waals surface area contributed by atoms with Gasteiger partial charge in [0, 0.05) is 12.1 Å². The van der Waals surface area contributed by atoms with Crippen molar-refractivity contribution in [3.8, 4) is 0 Å². The van der Waals surface area contributed by atoms with Crippen LogP contribution in [-0.4, -0.2) is 26.2 Å². The summed E-state index contributed by atoms with van der Waals surface area (Å²) in [6.45, 7) is 7.58. The first-order chi connectivity index (χ1) is 3.72. The van der Waals surface area contributed by atoms with Crippen molar-refractivity contribution in [2.24, 2.45) is 0 Å². The minimum absolute atomic E-state index is 0.194. The molecule has 0 aliphatic rings. The van der Waals surface area contributed by atoms with Gasteiger partial charge in [-0.15, -0.1) is 0 Å². The fourth-order valence-electron chi connectivity index (χ4n) is 0.402. The van der Waals surface area contributed by atoms with Crippen LogP contribution in [0.3, 0.4) is 0 Å². The molecule has 2 atom stereocenters. The molecule has 0 heterocycles. The van der Waals surface area contributed by atoms with E-state index in [1.165, 1.54) is 0 Å². The van der Waals surface area contributed by atoms with E-state index < -0.39 is 0 Å². The van der Waals surface area contributed by atoms with E-state index in [-0.39, 0.29) is 12.1 Å². The Morgan fingerprint density at radius 1 is 1.00 bits per heavy atom. The van der Waals surface area contributed by atoms with Crippen molar-refractivity contribution in [2.75, 3.05) is 14.1 Å². The topological polar surface area (TPSA) is 24.1 Å². The van der Waals surface area contributed by atoms with Crippen LogP contribution in [0.2, 0.25) is 0 Å². The molecule has 0 rings (SSSR count). The summed E-state index contributed by atoms with van der Waals surface area (Å²) in [4.78, 5) is 0. The van der Waals surface area contributed by atoms with Gasteiger partial charge in [-0.25, -0.2) is 0 Å². The molecule has 0 saturated heterocycles. The Kier molecular flexibility index (Phi) is 3.83. The minimum Gasteiger partial charge on any atom is -0.315 e. The van der Waals surface area contributed by atoms with Crippen LogP contribution in [0.4, 0.5) is 0 Å². The van der Waals surface area contributed by atoms with Crippen LogP contribution >= 0.6 is 0 Å². The SMILES string of the molecule is [CH2]C(NC)C([CH2])NC. The largest absolute Gasteiger partial charge is 0.315 e. The van der Waals surface area contributed by atoms with Crippen molar-refractivity contribution in [3.05, 3.63) is 13.8 Å². The van der Waals surface area contributed by atoms with Gasteiger partial charge < -0.3 is 10.6 Å². The molecular weight excluding hydrogens is 100 g/mol. The van der Waals surface area contributed by atoms with Gasteiger partial charge in [0.15, 0.2) is 0 Å². The Bertz CT molecular complexity index is 46.5. The molecule has 0 aliphatic heterocycles. The van der Waals surface area contributed by atoms with Gasteiger partial charge in [0.2, 0.25) is 0 Å². The first-order valence-corrected chi connectivity index (χ1v) is 2.73. The van der Waals surface area contributed by atoms with E-state index in [1.807, 2.05) is 14.1 Å². The van der Waals surface area contributed by atoms with Crippen LogP contribution in [0.1, 0.15) is 0 Å². The first-order valence-electron chi connectivity index (χ1n) is 2.73. The van der Waals surface area contributed by atoms with Gasteiger partial charge in [-0.05, 0) is 27.9 Å². The normalized spacial score (nSPS) is 18.0. The van der Waals surface area contributed by atoms with Gasteiger partial charge in [-0.2, -0.15) is 0 Å². The van der Waals surface area contributed by atoms with Crippen molar-refractivity contribution >= 4 is 0 Å². The van der Waals surface area contributed by atoms with Gasteiger partial charge in [0.1, 0.15) is 0 Å². The monoisotopic (exact) mass is 114 g/mol. The molecule has 0 fully saturated rings. The molecule has 0 aromatic heterocycles. The number of nitrogens with one attached hydrogen (secondary N) is 2. The van der Waals surface area contributed by atoms with Gasteiger partial charge in [-0.3, -0.25) is 0 Å². The van der Waals surface area contributed by atoms with E-state index in [9.17, 15) is 0 Å². The minimum atomic E-state index is 0.194. The maximum Gasteiger partial charge on any atom is 0.0218 e. The molecule has 0 aliphatic carbocycles. The second-order valence-electron chi connectivity index (χ2n) is 1.79. The van der Waals surface area contributed by atoms with Crippen LogP contribution in [0.5, 0.6) is 0 Å². The van der Waals surface area contributed by atoms with Crippen LogP contribution in [0.25, 0.3) is 0 Å². The summed E-state index contributed by atoms with van der Waals surface area (Å²) in [6, 6.07) is 0.389. The number of hydrogen-bond acceptors (Lipinski definition) is 2. The predicted octanol–water partition coefficient (Wildman–Crippen LogP) is -0.169. The Hall–Kier alpha value is -0.0800. The molecule has 0 saturated carbocycles. The third kappa shape index (κ3) is 2.28. The second kappa shape index (κ2) is 3.87. The zero-order valence-electron chi connectivity index (χ0n) is 5.57. The van der Waals surface area contributed by atoms with Gasteiger partial charge in [-0.1, -0.05) is 0 Å². The average molecular weight is 114 g/mol. The third-order valence-corrected chi connectivity index (χ3v) is 1.23. The fraction of sp³-hybridized carbons (Fsp3) is 0.667. The molecule has 0 bridgehead atoms. The smallest absolute Gasteiger partial charge is 0.0218 e. The fourth-order valence-corrected chi connectivity index (χ4v) is 0.402. The van der Waals surface area contributed by atoms with Gasteiger partial charge in [0.25, 0.3) is 0 Å². The molecule has 2 radical (unpaired) electrons. The molecule has 2 N–H and O–H groups in total. The predicted molar refractivity (Wildman–Crippen MR) is 36.4 cm³/mol. The Labute approximate surface area is 51.7 Å². The van der Waals surface area contributed by atoms with Crippen LogP contribution < -0.4 is 10.6 Å². The highest BCUT2D eigenvalue weighted by molar-refractivity contribution is 4.83. The van der Waals surface area contributed by atoms with Crippen molar-refractivity contribution in [3.63, 3.8) is 0 Å². The van der Waals surface area contributed by atoms with Crippen molar-refractivity contribution < 1.29 is 0 Å². The lowest BCUT2D eigenvalue weighted by Crippen LogP contribution is -2.41. The average Bonchev–Trinajstić information content (AvgIpc) is 1.84. The van der Waals surface area contributed by atoms with Crippen LogP contribution in [-0.2, 0) is 0 Å². The summed E-state index contributed by atoms with van der Waals surface area (Å²) in [6.07, 6.45) is 0. The molecule has 2 nitrogen and oxygen atoms in total. The molecule has 0 aromatic carbocycles. The third-order valence-electron chi connectivity index (χ3n) is 1.23. The molecule has 8 heavy (non-hydrogen) atoms. The van der Waals surface area contributed by atoms with E-state index in [1.54, 1.807) is 0 Å². The molecular formula is C6H14N2. The maximum absolute atomic E-state index is 3.79. The van der Waals surface area contributed by atoms with Gasteiger partial charge >= 0.3 is 0 Å². The summed E-state index contributed by atoms with van der Waals surface area (Å²) in [7, 11) is 3.74. The van der Waals surface area contributed by atoms with Gasteiger partial charge in [0.05, 0.1) is 0 Å². The molecule has 0 spiro atoms. The highest BCUT2D eigenvalue weighted by atomic mass is 15.0. The number of rotatable bonds is 3. The highest BCUT2D eigenvalue weighted by Gasteiger charge is 2.04. The van der Waals surface area contributed by atoms with Crippen LogP contribution in [0, 0.1) is 13.8 Å². The van der Waals surface area contributed by atoms with Crippen molar-refractivity contribution in [2.45, 2.75) is 12.1 Å². The van der Waals surface area contributed by atoms with Crippen LogP contribution in [0.15, 0.2) is 0 Å². The maximum atomic E-state index is 3.79. The first kappa shape index (κ1) is 7.92.